The number of aryl methyl sites for hydroxylation is 2. The topological polar surface area (TPSA) is 83.4 Å². The molecule has 37 heavy (non-hydrogen) atoms. The second kappa shape index (κ2) is 10.6. The maximum absolute atomic E-state index is 12.8. The lowest BCUT2D eigenvalue weighted by Crippen LogP contribution is -2.25. The van der Waals surface area contributed by atoms with Gasteiger partial charge in [0.05, 0.1) is 18.9 Å². The number of amides is 2. The highest BCUT2D eigenvalue weighted by atomic mass is 32.2. The van der Waals surface area contributed by atoms with Crippen LogP contribution >= 0.6 is 11.8 Å². The van der Waals surface area contributed by atoms with Crippen molar-refractivity contribution in [2.24, 2.45) is 10.1 Å². The summed E-state index contributed by atoms with van der Waals surface area (Å²) in [5, 5.41) is 9.58. The van der Waals surface area contributed by atoms with Gasteiger partial charge >= 0.3 is 0 Å². The first-order valence-corrected chi connectivity index (χ1v) is 13.0. The van der Waals surface area contributed by atoms with Crippen LogP contribution in [0.15, 0.2) is 82.9 Å². The lowest BCUT2D eigenvalue weighted by molar-refractivity contribution is -0.121. The van der Waals surface area contributed by atoms with Crippen LogP contribution in [0.5, 0.6) is 5.75 Å². The molecule has 0 bridgehead atoms. The quantitative estimate of drug-likeness (QED) is 0.472. The number of rotatable bonds is 6. The lowest BCUT2D eigenvalue weighted by Gasteiger charge is -2.23. The number of hydrogen-bond acceptors (Lipinski definition) is 6. The number of nitrogens with one attached hydrogen (secondary N) is 1. The minimum absolute atomic E-state index is 0.0418. The normalized spacial score (nSPS) is 19.0. The molecule has 2 atom stereocenters. The van der Waals surface area contributed by atoms with E-state index < -0.39 is 5.25 Å². The van der Waals surface area contributed by atoms with Crippen molar-refractivity contribution in [1.29, 1.82) is 0 Å². The molecule has 2 unspecified atom stereocenters. The number of amidine groups is 1. The molecule has 2 aliphatic rings. The van der Waals surface area contributed by atoms with E-state index in [-0.39, 0.29) is 24.3 Å². The van der Waals surface area contributed by atoms with Gasteiger partial charge in [0.2, 0.25) is 5.91 Å². The molecule has 0 fully saturated rings. The number of benzene rings is 3. The molecular formula is C29H28N4O3S. The summed E-state index contributed by atoms with van der Waals surface area (Å²) in [6, 6.07) is 23.6. The Kier molecular flexibility index (Phi) is 7.10. The predicted molar refractivity (Wildman–Crippen MR) is 148 cm³/mol. The number of methoxy groups -OCH3 is 1. The van der Waals surface area contributed by atoms with Crippen LogP contribution in [0.25, 0.3) is 0 Å². The van der Waals surface area contributed by atoms with Crippen LogP contribution in [0.3, 0.4) is 0 Å². The van der Waals surface area contributed by atoms with E-state index in [4.69, 9.17) is 9.84 Å². The Balaban J connectivity index is 1.34. The fourth-order valence-electron chi connectivity index (χ4n) is 4.51. The molecule has 0 saturated carbocycles. The number of ether oxygens (including phenoxy) is 1. The third kappa shape index (κ3) is 5.44. The zero-order chi connectivity index (χ0) is 25.9. The molecule has 2 amide bonds. The molecule has 8 heteroatoms. The van der Waals surface area contributed by atoms with E-state index in [0.717, 1.165) is 39.4 Å². The number of aliphatic imine (C=N–C) groups is 1. The molecule has 2 heterocycles. The number of nitrogens with zero attached hydrogens (tertiary/aromatic N) is 3. The fourth-order valence-corrected chi connectivity index (χ4v) is 5.57. The molecule has 7 nitrogen and oxygen atoms in total. The van der Waals surface area contributed by atoms with Gasteiger partial charge < -0.3 is 10.1 Å². The van der Waals surface area contributed by atoms with E-state index in [1.807, 2.05) is 91.7 Å². The van der Waals surface area contributed by atoms with Gasteiger partial charge in [0.25, 0.3) is 5.91 Å². The van der Waals surface area contributed by atoms with Crippen LogP contribution in [0.1, 0.15) is 41.1 Å². The SMILES string of the molecule is COc1ccc(C2CC(c3ccccc3)=NN2C2=NC(=O)C(CC(=O)Nc3ccc(C)cc3C)S2)cc1. The van der Waals surface area contributed by atoms with Gasteiger partial charge in [-0.15, -0.1) is 0 Å². The summed E-state index contributed by atoms with van der Waals surface area (Å²) in [7, 11) is 1.64. The Bertz CT molecular complexity index is 1390. The van der Waals surface area contributed by atoms with Crippen LogP contribution < -0.4 is 10.1 Å². The van der Waals surface area contributed by atoms with Crippen molar-refractivity contribution in [2.75, 3.05) is 12.4 Å². The smallest absolute Gasteiger partial charge is 0.262 e. The highest BCUT2D eigenvalue weighted by molar-refractivity contribution is 8.15. The second-order valence-corrected chi connectivity index (χ2v) is 10.3. The van der Waals surface area contributed by atoms with Crippen molar-refractivity contribution in [2.45, 2.75) is 38.0 Å². The van der Waals surface area contributed by atoms with Crippen LogP contribution in [-0.2, 0) is 9.59 Å². The van der Waals surface area contributed by atoms with Crippen molar-refractivity contribution in [1.82, 2.24) is 5.01 Å². The average Bonchev–Trinajstić information content (AvgIpc) is 3.50. The number of carbonyl (C=O) groups excluding carboxylic acids is 2. The standard InChI is InChI=1S/C29H28N4O3S/c1-18-9-14-23(19(2)15-18)30-27(34)17-26-28(35)31-29(37-26)33-25(21-10-12-22(36-3)13-11-21)16-24(32-33)20-7-5-4-6-8-20/h4-15,25-26H,16-17H2,1-3H3,(H,30,34). The summed E-state index contributed by atoms with van der Waals surface area (Å²) in [6.07, 6.45) is 0.710. The summed E-state index contributed by atoms with van der Waals surface area (Å²) in [5.41, 5.74) is 5.86. The monoisotopic (exact) mass is 512 g/mol. The van der Waals surface area contributed by atoms with E-state index >= 15 is 0 Å². The van der Waals surface area contributed by atoms with Crippen LogP contribution in [0.2, 0.25) is 0 Å². The second-order valence-electron chi connectivity index (χ2n) is 9.16. The predicted octanol–water partition coefficient (Wildman–Crippen LogP) is 5.49. The van der Waals surface area contributed by atoms with Crippen molar-refractivity contribution in [3.8, 4) is 5.75 Å². The van der Waals surface area contributed by atoms with E-state index in [1.54, 1.807) is 7.11 Å². The Morgan fingerprint density at radius 2 is 1.84 bits per heavy atom. The number of anilines is 1. The van der Waals surface area contributed by atoms with Gasteiger partial charge in [-0.2, -0.15) is 10.1 Å². The maximum atomic E-state index is 12.8. The molecule has 3 aromatic carbocycles. The first-order valence-electron chi connectivity index (χ1n) is 12.1. The Hall–Kier alpha value is -3.91. The summed E-state index contributed by atoms with van der Waals surface area (Å²) in [6.45, 7) is 3.96. The molecule has 0 aromatic heterocycles. The number of hydrogen-bond donors (Lipinski definition) is 1. The summed E-state index contributed by atoms with van der Waals surface area (Å²) in [4.78, 5) is 30.0. The Labute approximate surface area is 220 Å². The summed E-state index contributed by atoms with van der Waals surface area (Å²) >= 11 is 1.30. The van der Waals surface area contributed by atoms with Gasteiger partial charge in [-0.1, -0.05) is 71.9 Å². The van der Waals surface area contributed by atoms with Crippen molar-refractivity contribution in [3.05, 3.63) is 95.1 Å². The number of carbonyl (C=O) groups is 2. The van der Waals surface area contributed by atoms with Crippen LogP contribution in [0.4, 0.5) is 5.69 Å². The van der Waals surface area contributed by atoms with Gasteiger partial charge in [-0.25, -0.2) is 5.01 Å². The third-order valence-corrected chi connectivity index (χ3v) is 7.61. The van der Waals surface area contributed by atoms with Crippen LogP contribution in [-0.4, -0.2) is 40.1 Å². The molecular weight excluding hydrogens is 484 g/mol. The molecule has 3 aromatic rings. The maximum Gasteiger partial charge on any atom is 0.262 e. The zero-order valence-electron chi connectivity index (χ0n) is 21.0. The summed E-state index contributed by atoms with van der Waals surface area (Å²) < 4.78 is 5.32. The molecule has 1 N–H and O–H groups in total. The molecule has 0 aliphatic carbocycles. The van der Waals surface area contributed by atoms with Crippen LogP contribution in [0, 0.1) is 13.8 Å². The Morgan fingerprint density at radius 1 is 1.08 bits per heavy atom. The fraction of sp³-hybridized carbons (Fsp3) is 0.241. The van der Waals surface area contributed by atoms with Gasteiger partial charge in [0.1, 0.15) is 11.0 Å². The molecule has 188 valence electrons. The van der Waals surface area contributed by atoms with E-state index in [9.17, 15) is 9.59 Å². The first-order chi connectivity index (χ1) is 17.9. The van der Waals surface area contributed by atoms with E-state index in [2.05, 4.69) is 10.3 Å². The third-order valence-electron chi connectivity index (χ3n) is 6.47. The van der Waals surface area contributed by atoms with Crippen molar-refractivity contribution < 1.29 is 14.3 Å². The van der Waals surface area contributed by atoms with E-state index in [0.29, 0.717) is 11.6 Å². The lowest BCUT2D eigenvalue weighted by atomic mass is 9.98. The first kappa shape index (κ1) is 24.8. The van der Waals surface area contributed by atoms with Crippen molar-refractivity contribution in [3.63, 3.8) is 0 Å². The van der Waals surface area contributed by atoms with Gasteiger partial charge in [-0.05, 0) is 48.7 Å². The van der Waals surface area contributed by atoms with E-state index in [1.165, 1.54) is 11.8 Å². The number of hydrazone groups is 1. The molecule has 2 aliphatic heterocycles. The summed E-state index contributed by atoms with van der Waals surface area (Å²) in [5.74, 6) is 0.249. The van der Waals surface area contributed by atoms with Gasteiger partial charge in [0.15, 0.2) is 5.17 Å². The van der Waals surface area contributed by atoms with Crippen molar-refractivity contribution >= 4 is 40.1 Å². The minimum atomic E-state index is -0.590. The molecule has 0 radical (unpaired) electrons. The zero-order valence-corrected chi connectivity index (χ0v) is 21.8. The molecule has 0 spiro atoms. The number of thioether (sulfide) groups is 1. The Morgan fingerprint density at radius 3 is 2.54 bits per heavy atom. The largest absolute Gasteiger partial charge is 0.497 e. The minimum Gasteiger partial charge on any atom is -0.497 e. The molecule has 0 saturated heterocycles. The molecule has 5 rings (SSSR count). The highest BCUT2D eigenvalue weighted by Crippen LogP contribution is 2.39. The van der Waals surface area contributed by atoms with Gasteiger partial charge in [-0.3, -0.25) is 9.59 Å². The highest BCUT2D eigenvalue weighted by Gasteiger charge is 2.39. The van der Waals surface area contributed by atoms with Gasteiger partial charge in [0, 0.05) is 18.5 Å². The average molecular weight is 513 g/mol.